The van der Waals surface area contributed by atoms with E-state index in [-0.39, 0.29) is 0 Å². The molecule has 148 valence electrons. The van der Waals surface area contributed by atoms with Crippen molar-refractivity contribution in [2.45, 2.75) is 6.17 Å². The maximum Gasteiger partial charge on any atom is 0.321 e. The normalized spacial score (nSPS) is 10.1. The Morgan fingerprint density at radius 3 is 1.55 bits per heavy atom. The predicted molar refractivity (Wildman–Crippen MR) is 113 cm³/mol. The number of anilines is 2. The molecule has 0 bridgehead atoms. The highest BCUT2D eigenvalue weighted by Crippen LogP contribution is 2.17. The average Bonchev–Trinajstić information content (AvgIpc) is 2.74. The minimum atomic E-state index is -0.756. The first kappa shape index (κ1) is 19.8. The summed E-state index contributed by atoms with van der Waals surface area (Å²) in [5, 5.41) is 11.0. The van der Waals surface area contributed by atoms with Gasteiger partial charge >= 0.3 is 12.1 Å². The van der Waals surface area contributed by atoms with Crippen LogP contribution in [0.3, 0.4) is 0 Å². The third-order valence-electron chi connectivity index (χ3n) is 4.06. The highest BCUT2D eigenvalue weighted by molar-refractivity contribution is 5.92. The van der Waals surface area contributed by atoms with Crippen molar-refractivity contribution in [3.63, 3.8) is 0 Å². The lowest BCUT2D eigenvalue weighted by Crippen LogP contribution is -2.44. The number of amides is 4. The molecule has 0 radical (unpaired) electrons. The minimum absolute atomic E-state index is 0.447. The van der Waals surface area contributed by atoms with Crippen molar-refractivity contribution in [1.82, 2.24) is 10.6 Å². The number of carbonyl (C=O) groups is 2. The summed E-state index contributed by atoms with van der Waals surface area (Å²) in [7, 11) is 1.57. The van der Waals surface area contributed by atoms with E-state index in [9.17, 15) is 9.59 Å². The molecule has 29 heavy (non-hydrogen) atoms. The van der Waals surface area contributed by atoms with Gasteiger partial charge in [-0.3, -0.25) is 0 Å². The second-order valence-corrected chi connectivity index (χ2v) is 6.14. The molecule has 0 aliphatic carbocycles. The van der Waals surface area contributed by atoms with Gasteiger partial charge in [0.1, 0.15) is 11.9 Å². The van der Waals surface area contributed by atoms with E-state index < -0.39 is 18.2 Å². The summed E-state index contributed by atoms with van der Waals surface area (Å²) in [6.07, 6.45) is -0.756. The zero-order chi connectivity index (χ0) is 20.5. The van der Waals surface area contributed by atoms with Gasteiger partial charge in [0.25, 0.3) is 0 Å². The van der Waals surface area contributed by atoms with Crippen LogP contribution >= 0.6 is 0 Å². The van der Waals surface area contributed by atoms with Crippen LogP contribution in [-0.4, -0.2) is 19.2 Å². The second-order valence-electron chi connectivity index (χ2n) is 6.14. The van der Waals surface area contributed by atoms with E-state index in [0.717, 1.165) is 0 Å². The molecule has 0 atom stereocenters. The van der Waals surface area contributed by atoms with Crippen molar-refractivity contribution in [3.05, 3.63) is 90.5 Å². The van der Waals surface area contributed by atoms with Crippen LogP contribution in [0.25, 0.3) is 0 Å². The number of ether oxygens (including phenoxy) is 1. The minimum Gasteiger partial charge on any atom is -0.497 e. The van der Waals surface area contributed by atoms with Crippen LogP contribution in [0.1, 0.15) is 11.7 Å². The molecule has 0 heterocycles. The summed E-state index contributed by atoms with van der Waals surface area (Å²) in [4.78, 5) is 24.9. The number of para-hydroxylation sites is 2. The second kappa shape index (κ2) is 9.80. The van der Waals surface area contributed by atoms with E-state index in [4.69, 9.17) is 4.74 Å². The molecule has 0 fully saturated rings. The number of nitrogens with one attached hydrogen (secondary N) is 4. The van der Waals surface area contributed by atoms with Crippen LogP contribution in [0, 0.1) is 0 Å². The van der Waals surface area contributed by atoms with Crippen LogP contribution < -0.4 is 26.0 Å². The first-order valence-corrected chi connectivity index (χ1v) is 9.03. The van der Waals surface area contributed by atoms with E-state index in [0.29, 0.717) is 22.7 Å². The van der Waals surface area contributed by atoms with Gasteiger partial charge in [-0.2, -0.15) is 0 Å². The summed E-state index contributed by atoms with van der Waals surface area (Å²) in [5.41, 5.74) is 1.98. The molecule has 3 rings (SSSR count). The maximum absolute atomic E-state index is 12.4. The Kier molecular flexibility index (Phi) is 6.67. The predicted octanol–water partition coefficient (Wildman–Crippen LogP) is 4.34. The van der Waals surface area contributed by atoms with Crippen molar-refractivity contribution >= 4 is 23.4 Å². The molecule has 3 aromatic rings. The van der Waals surface area contributed by atoms with E-state index in [1.54, 1.807) is 55.6 Å². The molecule has 0 saturated carbocycles. The monoisotopic (exact) mass is 390 g/mol. The Labute approximate surface area is 169 Å². The lowest BCUT2D eigenvalue weighted by atomic mass is 10.1. The molecule has 0 aliphatic rings. The van der Waals surface area contributed by atoms with Gasteiger partial charge in [-0.1, -0.05) is 48.5 Å². The Hall–Kier alpha value is -4.00. The van der Waals surface area contributed by atoms with Crippen LogP contribution in [-0.2, 0) is 0 Å². The number of rotatable bonds is 6. The number of hydrogen-bond acceptors (Lipinski definition) is 3. The fraction of sp³-hybridized carbons (Fsp3) is 0.0909. The molecule has 3 aromatic carbocycles. The molecule has 0 unspecified atom stereocenters. The number of urea groups is 2. The zero-order valence-electron chi connectivity index (χ0n) is 15.9. The highest BCUT2D eigenvalue weighted by Gasteiger charge is 2.17. The summed E-state index contributed by atoms with van der Waals surface area (Å²) >= 11 is 0. The summed E-state index contributed by atoms with van der Waals surface area (Å²) in [6.45, 7) is 0. The van der Waals surface area contributed by atoms with Crippen LogP contribution in [0.5, 0.6) is 5.75 Å². The van der Waals surface area contributed by atoms with Crippen molar-refractivity contribution < 1.29 is 14.3 Å². The summed E-state index contributed by atoms with van der Waals surface area (Å²) < 4.78 is 5.17. The van der Waals surface area contributed by atoms with Gasteiger partial charge in [0, 0.05) is 11.4 Å². The molecule has 4 N–H and O–H groups in total. The maximum atomic E-state index is 12.4. The molecule has 0 aliphatic heterocycles. The topological polar surface area (TPSA) is 91.5 Å². The molecular weight excluding hydrogens is 368 g/mol. The Bertz CT molecular complexity index is 876. The Morgan fingerprint density at radius 2 is 1.14 bits per heavy atom. The molecule has 4 amide bonds. The first-order valence-electron chi connectivity index (χ1n) is 9.03. The fourth-order valence-corrected chi connectivity index (χ4v) is 2.64. The van der Waals surface area contributed by atoms with Gasteiger partial charge in [0.15, 0.2) is 0 Å². The number of methoxy groups -OCH3 is 1. The van der Waals surface area contributed by atoms with E-state index >= 15 is 0 Å². The average molecular weight is 390 g/mol. The van der Waals surface area contributed by atoms with Gasteiger partial charge in [0.05, 0.1) is 7.11 Å². The van der Waals surface area contributed by atoms with Crippen molar-refractivity contribution in [2.75, 3.05) is 17.7 Å². The number of carbonyl (C=O) groups excluding carboxylic acids is 2. The molecular formula is C22H22N4O3. The standard InChI is InChI=1S/C22H22N4O3/c1-29-19-14-12-16(13-15-19)20(25-21(27)23-17-8-4-2-5-9-17)26-22(28)24-18-10-6-3-7-11-18/h2-15,20H,1H3,(H2,23,25,27)(H2,24,26,28). The van der Waals surface area contributed by atoms with Crippen LogP contribution in [0.2, 0.25) is 0 Å². The van der Waals surface area contributed by atoms with E-state index in [1.807, 2.05) is 36.4 Å². The van der Waals surface area contributed by atoms with Gasteiger partial charge in [-0.15, -0.1) is 0 Å². The quantitative estimate of drug-likeness (QED) is 0.472. The largest absolute Gasteiger partial charge is 0.497 e. The zero-order valence-corrected chi connectivity index (χ0v) is 15.9. The number of benzene rings is 3. The summed E-state index contributed by atoms with van der Waals surface area (Å²) in [6, 6.07) is 24.3. The first-order chi connectivity index (χ1) is 14.1. The van der Waals surface area contributed by atoms with Gasteiger partial charge in [-0.25, -0.2) is 9.59 Å². The van der Waals surface area contributed by atoms with Crippen molar-refractivity contribution in [3.8, 4) is 5.75 Å². The smallest absolute Gasteiger partial charge is 0.321 e. The SMILES string of the molecule is COc1ccc(C(NC(=O)Nc2ccccc2)NC(=O)Nc2ccccc2)cc1. The Balaban J connectivity index is 1.71. The van der Waals surface area contributed by atoms with E-state index in [1.165, 1.54) is 0 Å². The fourth-order valence-electron chi connectivity index (χ4n) is 2.64. The Morgan fingerprint density at radius 1 is 0.690 bits per heavy atom. The summed E-state index contributed by atoms with van der Waals surface area (Å²) in [5.74, 6) is 0.676. The van der Waals surface area contributed by atoms with E-state index in [2.05, 4.69) is 21.3 Å². The van der Waals surface area contributed by atoms with Crippen molar-refractivity contribution in [2.24, 2.45) is 0 Å². The van der Waals surface area contributed by atoms with Crippen molar-refractivity contribution in [1.29, 1.82) is 0 Å². The van der Waals surface area contributed by atoms with Gasteiger partial charge < -0.3 is 26.0 Å². The molecule has 7 nitrogen and oxygen atoms in total. The third kappa shape index (κ3) is 6.00. The van der Waals surface area contributed by atoms with Gasteiger partial charge in [-0.05, 0) is 42.0 Å². The molecule has 0 aromatic heterocycles. The molecule has 7 heteroatoms. The molecule has 0 saturated heterocycles. The van der Waals surface area contributed by atoms with Crippen LogP contribution in [0.15, 0.2) is 84.9 Å². The lowest BCUT2D eigenvalue weighted by molar-refractivity contribution is 0.238. The molecule has 0 spiro atoms. The highest BCUT2D eigenvalue weighted by atomic mass is 16.5. The van der Waals surface area contributed by atoms with Crippen LogP contribution in [0.4, 0.5) is 21.0 Å². The van der Waals surface area contributed by atoms with Gasteiger partial charge in [0.2, 0.25) is 0 Å². The lowest BCUT2D eigenvalue weighted by Gasteiger charge is -2.21. The third-order valence-corrected chi connectivity index (χ3v) is 4.06. The number of hydrogen-bond donors (Lipinski definition) is 4.